The van der Waals surface area contributed by atoms with Crippen molar-refractivity contribution in [3.63, 3.8) is 0 Å². The van der Waals surface area contributed by atoms with E-state index in [2.05, 4.69) is 20.7 Å². The molecule has 0 aliphatic carbocycles. The minimum atomic E-state index is -3.77. The van der Waals surface area contributed by atoms with Gasteiger partial charge >= 0.3 is 0 Å². The number of hydrogen-bond donors (Lipinski definition) is 2. The lowest BCUT2D eigenvalue weighted by Gasteiger charge is -2.11. The number of aryl methyl sites for hydroxylation is 1. The highest BCUT2D eigenvalue weighted by atomic mass is 79.9. The van der Waals surface area contributed by atoms with Crippen LogP contribution in [0, 0.1) is 12.7 Å². The number of thiophene rings is 1. The first kappa shape index (κ1) is 15.4. The van der Waals surface area contributed by atoms with E-state index in [0.717, 1.165) is 6.07 Å². The molecule has 1 aromatic heterocycles. The average molecular weight is 379 g/mol. The van der Waals surface area contributed by atoms with Gasteiger partial charge in [0.05, 0.1) is 10.2 Å². The molecule has 4 nitrogen and oxygen atoms in total. The molecule has 0 radical (unpaired) electrons. The third kappa shape index (κ3) is 3.03. The van der Waals surface area contributed by atoms with Crippen molar-refractivity contribution in [3.8, 4) is 0 Å². The molecule has 1 heterocycles. The van der Waals surface area contributed by atoms with Crippen molar-refractivity contribution in [1.82, 2.24) is 0 Å². The van der Waals surface area contributed by atoms with Crippen LogP contribution in [0.25, 0.3) is 0 Å². The molecule has 0 fully saturated rings. The van der Waals surface area contributed by atoms with Gasteiger partial charge in [-0.2, -0.15) is 0 Å². The van der Waals surface area contributed by atoms with Crippen LogP contribution in [-0.4, -0.2) is 8.42 Å². The maximum atomic E-state index is 13.5. The predicted molar refractivity (Wildman–Crippen MR) is 81.9 cm³/mol. The van der Waals surface area contributed by atoms with Crippen molar-refractivity contribution in [1.29, 1.82) is 0 Å². The van der Waals surface area contributed by atoms with Gasteiger partial charge in [0.25, 0.3) is 10.0 Å². The van der Waals surface area contributed by atoms with Gasteiger partial charge in [0, 0.05) is 11.4 Å². The normalized spacial score (nSPS) is 11.6. The maximum Gasteiger partial charge on any atom is 0.263 e. The molecule has 0 aliphatic heterocycles. The molecule has 20 heavy (non-hydrogen) atoms. The zero-order valence-electron chi connectivity index (χ0n) is 10.5. The number of rotatable bonds is 4. The molecule has 2 aromatic rings. The molecule has 0 saturated carbocycles. The molecule has 0 atom stereocenters. The van der Waals surface area contributed by atoms with E-state index in [1.807, 2.05) is 0 Å². The number of anilines is 1. The van der Waals surface area contributed by atoms with Gasteiger partial charge in [-0.15, -0.1) is 11.3 Å². The lowest BCUT2D eigenvalue weighted by Crippen LogP contribution is -2.15. The summed E-state index contributed by atoms with van der Waals surface area (Å²) in [7, 11) is -3.77. The molecule has 3 N–H and O–H groups in total. The van der Waals surface area contributed by atoms with Gasteiger partial charge < -0.3 is 5.73 Å². The summed E-state index contributed by atoms with van der Waals surface area (Å²) >= 11 is 4.33. The van der Waals surface area contributed by atoms with Crippen LogP contribution in [0.1, 0.15) is 10.4 Å². The van der Waals surface area contributed by atoms with Crippen molar-refractivity contribution in [3.05, 3.63) is 44.3 Å². The lowest BCUT2D eigenvalue weighted by atomic mass is 10.2. The zero-order chi connectivity index (χ0) is 14.9. The number of hydrogen-bond acceptors (Lipinski definition) is 4. The van der Waals surface area contributed by atoms with E-state index >= 15 is 0 Å². The van der Waals surface area contributed by atoms with Crippen LogP contribution in [0.2, 0.25) is 0 Å². The minimum absolute atomic E-state index is 0.132. The Hall–Kier alpha value is -0.960. The number of nitrogens with one attached hydrogen (secondary N) is 1. The maximum absolute atomic E-state index is 13.5. The summed E-state index contributed by atoms with van der Waals surface area (Å²) in [5.74, 6) is -0.530. The highest BCUT2D eigenvalue weighted by Crippen LogP contribution is 2.28. The number of halogens is 2. The van der Waals surface area contributed by atoms with Crippen molar-refractivity contribution in [2.24, 2.45) is 5.73 Å². The van der Waals surface area contributed by atoms with Crippen LogP contribution in [0.15, 0.2) is 32.9 Å². The second-order valence-corrected chi connectivity index (χ2v) is 7.60. The summed E-state index contributed by atoms with van der Waals surface area (Å²) < 4.78 is 40.8. The first-order chi connectivity index (χ1) is 9.35. The topological polar surface area (TPSA) is 72.2 Å². The fourth-order valence-corrected chi connectivity index (χ4v) is 4.59. The molecule has 0 amide bonds. The molecule has 8 heteroatoms. The summed E-state index contributed by atoms with van der Waals surface area (Å²) in [5, 5.41) is 1.66. The smallest absolute Gasteiger partial charge is 0.263 e. The molecular formula is C12H12BrFN2O2S2. The standard InChI is InChI=1S/C12H12BrFN2O2S2/c1-7-4-8(13)9(14)5-10(7)16-20(17,18)12-2-3-19-11(12)6-15/h2-5,16H,6,15H2,1H3. The van der Waals surface area contributed by atoms with Crippen molar-refractivity contribution in [2.45, 2.75) is 18.4 Å². The van der Waals surface area contributed by atoms with E-state index < -0.39 is 15.8 Å². The van der Waals surface area contributed by atoms with E-state index in [-0.39, 0.29) is 21.6 Å². The summed E-state index contributed by atoms with van der Waals surface area (Å²) in [6, 6.07) is 4.15. The van der Waals surface area contributed by atoms with Crippen molar-refractivity contribution in [2.75, 3.05) is 4.72 Å². The number of benzene rings is 1. The highest BCUT2D eigenvalue weighted by molar-refractivity contribution is 9.10. The van der Waals surface area contributed by atoms with Crippen molar-refractivity contribution < 1.29 is 12.8 Å². The highest BCUT2D eigenvalue weighted by Gasteiger charge is 2.20. The largest absolute Gasteiger partial charge is 0.326 e. The molecule has 0 bridgehead atoms. The average Bonchev–Trinajstić information content (AvgIpc) is 2.84. The van der Waals surface area contributed by atoms with Crippen LogP contribution in [0.3, 0.4) is 0 Å². The Labute approximate surface area is 129 Å². The van der Waals surface area contributed by atoms with Gasteiger partial charge in [0.1, 0.15) is 10.7 Å². The molecular weight excluding hydrogens is 367 g/mol. The van der Waals surface area contributed by atoms with E-state index in [0.29, 0.717) is 10.4 Å². The van der Waals surface area contributed by atoms with E-state index in [1.54, 1.807) is 12.3 Å². The van der Waals surface area contributed by atoms with Gasteiger partial charge in [0.15, 0.2) is 0 Å². The van der Waals surface area contributed by atoms with E-state index in [1.165, 1.54) is 23.5 Å². The molecule has 2 rings (SSSR count). The Morgan fingerprint density at radius 2 is 2.15 bits per heavy atom. The Kier molecular flexibility index (Phi) is 4.48. The van der Waals surface area contributed by atoms with Gasteiger partial charge in [-0.1, -0.05) is 0 Å². The first-order valence-corrected chi connectivity index (χ1v) is 8.75. The van der Waals surface area contributed by atoms with Crippen LogP contribution >= 0.6 is 27.3 Å². The SMILES string of the molecule is Cc1cc(Br)c(F)cc1NS(=O)(=O)c1ccsc1CN. The molecule has 108 valence electrons. The van der Waals surface area contributed by atoms with Gasteiger partial charge in [-0.25, -0.2) is 12.8 Å². The molecule has 0 aliphatic rings. The Balaban J connectivity index is 2.41. The third-order valence-electron chi connectivity index (χ3n) is 2.69. The van der Waals surface area contributed by atoms with Crippen molar-refractivity contribution >= 4 is 43.0 Å². The summed E-state index contributed by atoms with van der Waals surface area (Å²) in [6.07, 6.45) is 0. The lowest BCUT2D eigenvalue weighted by molar-refractivity contribution is 0.600. The molecule has 0 unspecified atom stereocenters. The third-order valence-corrected chi connectivity index (χ3v) is 5.82. The fourth-order valence-electron chi connectivity index (χ4n) is 1.67. The van der Waals surface area contributed by atoms with Gasteiger partial charge in [0.2, 0.25) is 0 Å². The van der Waals surface area contributed by atoms with Gasteiger partial charge in [-0.05, 0) is 52.0 Å². The number of nitrogens with two attached hydrogens (primary N) is 1. The zero-order valence-corrected chi connectivity index (χ0v) is 13.7. The van der Waals surface area contributed by atoms with Crippen LogP contribution in [0.5, 0.6) is 0 Å². The molecule has 0 spiro atoms. The van der Waals surface area contributed by atoms with E-state index in [4.69, 9.17) is 5.73 Å². The van der Waals surface area contributed by atoms with E-state index in [9.17, 15) is 12.8 Å². The second kappa shape index (κ2) is 5.80. The molecule has 0 saturated heterocycles. The Morgan fingerprint density at radius 3 is 2.80 bits per heavy atom. The first-order valence-electron chi connectivity index (χ1n) is 5.60. The fraction of sp³-hybridized carbons (Fsp3) is 0.167. The minimum Gasteiger partial charge on any atom is -0.326 e. The second-order valence-electron chi connectivity index (χ2n) is 4.10. The summed E-state index contributed by atoms with van der Waals surface area (Å²) in [4.78, 5) is 0.695. The number of sulfonamides is 1. The Bertz CT molecular complexity index is 744. The van der Waals surface area contributed by atoms with Crippen LogP contribution in [0.4, 0.5) is 10.1 Å². The monoisotopic (exact) mass is 378 g/mol. The summed E-state index contributed by atoms with van der Waals surface area (Å²) in [6.45, 7) is 1.83. The quantitative estimate of drug-likeness (QED) is 0.857. The summed E-state index contributed by atoms with van der Waals surface area (Å²) in [5.41, 5.74) is 6.34. The van der Waals surface area contributed by atoms with Crippen LogP contribution in [-0.2, 0) is 16.6 Å². The molecule has 1 aromatic carbocycles. The van der Waals surface area contributed by atoms with Gasteiger partial charge in [-0.3, -0.25) is 4.72 Å². The Morgan fingerprint density at radius 1 is 1.45 bits per heavy atom. The van der Waals surface area contributed by atoms with Crippen LogP contribution < -0.4 is 10.5 Å². The predicted octanol–water partition coefficient (Wildman–Crippen LogP) is 3.22.